The van der Waals surface area contributed by atoms with Gasteiger partial charge in [-0.15, -0.1) is 0 Å². The van der Waals surface area contributed by atoms with Crippen molar-refractivity contribution in [3.05, 3.63) is 400 Å². The third kappa shape index (κ3) is 11.7. The average Bonchev–Trinajstić information content (AvgIpc) is 1.55. The van der Waals surface area contributed by atoms with E-state index >= 15 is 0 Å². The summed E-state index contributed by atoms with van der Waals surface area (Å²) in [4.78, 5) is 10.6. The van der Waals surface area contributed by atoms with Crippen molar-refractivity contribution in [2.24, 2.45) is 0 Å². The molecule has 9 heteroatoms. The molecule has 1 radical (unpaired) electrons. The normalized spacial score (nSPS) is 14.3. The van der Waals surface area contributed by atoms with E-state index in [0.717, 1.165) is 76.2 Å². The topological polar surface area (TPSA) is 91.8 Å². The van der Waals surface area contributed by atoms with Gasteiger partial charge in [-0.05, 0) is 195 Å². The molecule has 0 amide bonds. The number of benzene rings is 14. The molecule has 1 aliphatic heterocycles. The van der Waals surface area contributed by atoms with E-state index in [1.807, 2.05) is 42.5 Å². The van der Waals surface area contributed by atoms with Crippen LogP contribution in [0.2, 0.25) is 0 Å². The molecule has 1 fully saturated rings. The predicted octanol–water partition coefficient (Wildman–Crippen LogP) is 23.0. The first kappa shape index (κ1) is 68.4. The molecule has 6 nitrogen and oxygen atoms in total. The summed E-state index contributed by atoms with van der Waals surface area (Å²) in [5.74, 6) is 0. The Labute approximate surface area is 646 Å². The van der Waals surface area contributed by atoms with Gasteiger partial charge in [0.05, 0.1) is 67.7 Å². The number of rotatable bonds is 8. The van der Waals surface area contributed by atoms with Crippen LogP contribution in [0.3, 0.4) is 0 Å². The van der Waals surface area contributed by atoms with Crippen LogP contribution in [0, 0.1) is 22.7 Å². The maximum absolute atomic E-state index is 9.22. The fraction of sp³-hybridized carbons (Fsp3) is 0.0833. The van der Waals surface area contributed by atoms with Gasteiger partial charge in [0.1, 0.15) is 0 Å². The molecule has 3 heterocycles. The standard InChI is InChI=1S/C45H28N2.C44H36BNO2.C7H4BrN.Y/c46-29-30-19-21-31(22-20-30)32-23-25-33(26-24-32)44-40-27-39-36-15-7-9-17-41(36)45(34-11-3-1-4-12-34,35-13-5-2-6-14-35)42(39)28-38(40)37-16-8-10-18-43(37)47-44;1-42(2)43(3,4)48-45(47-42)32-25-23-29(24-26-32)41-37-27-36-33-19-11-13-21-38(33)44(30-15-7-5-8-16-30,31-17-9-6-10-18-31)39(36)28-35(37)34-20-12-14-22-40(34)46-41;8-7-3-1-6(5-9)2-4-7;/h1-28H;5-28H,1-4H3;1-4H;. The van der Waals surface area contributed by atoms with Crippen LogP contribution in [-0.2, 0) is 52.8 Å². The van der Waals surface area contributed by atoms with Gasteiger partial charge in [0.2, 0.25) is 0 Å². The summed E-state index contributed by atoms with van der Waals surface area (Å²) in [5.41, 5.74) is 24.1. The molecule has 3 aliphatic rings. The minimum Gasteiger partial charge on any atom is -0.399 e. The van der Waals surface area contributed by atoms with E-state index in [-0.39, 0.29) is 32.7 Å². The number of nitriles is 2. The second-order valence-electron chi connectivity index (χ2n) is 28.0. The van der Waals surface area contributed by atoms with Gasteiger partial charge in [0, 0.05) is 69.9 Å². The molecule has 1 saturated heterocycles. The van der Waals surface area contributed by atoms with Crippen LogP contribution in [0.1, 0.15) is 83.3 Å². The van der Waals surface area contributed by atoms with Crippen LogP contribution < -0.4 is 5.46 Å². The summed E-state index contributed by atoms with van der Waals surface area (Å²) in [6.07, 6.45) is 0. The number of nitrogens with zero attached hydrogens (tertiary/aromatic N) is 4. The molecule has 0 saturated carbocycles. The van der Waals surface area contributed by atoms with Gasteiger partial charge >= 0.3 is 7.12 Å². The Balaban J connectivity index is 0.000000143. The zero-order valence-electron chi connectivity index (χ0n) is 58.5. The molecule has 0 unspecified atom stereocenters. The smallest absolute Gasteiger partial charge is 0.399 e. The van der Waals surface area contributed by atoms with Crippen molar-refractivity contribution in [1.82, 2.24) is 9.97 Å². The van der Waals surface area contributed by atoms with Crippen LogP contribution >= 0.6 is 15.9 Å². The largest absolute Gasteiger partial charge is 0.494 e. The van der Waals surface area contributed by atoms with Gasteiger partial charge in [-0.25, -0.2) is 9.97 Å². The number of hydrogen-bond donors (Lipinski definition) is 0. The fourth-order valence-corrected chi connectivity index (χ4v) is 16.3. The van der Waals surface area contributed by atoms with Crippen molar-refractivity contribution in [2.75, 3.05) is 0 Å². The Morgan fingerprint density at radius 2 is 0.638 bits per heavy atom. The van der Waals surface area contributed by atoms with Crippen LogP contribution in [0.4, 0.5) is 0 Å². The van der Waals surface area contributed by atoms with Gasteiger partial charge in [-0.2, -0.15) is 10.5 Å². The molecule has 2 aromatic heterocycles. The molecule has 497 valence electrons. The summed E-state index contributed by atoms with van der Waals surface area (Å²) in [6.45, 7) is 8.36. The van der Waals surface area contributed by atoms with Crippen molar-refractivity contribution in [2.45, 2.75) is 49.7 Å². The molecular weight excluding hydrogens is 1420 g/mol. The Hall–Kier alpha value is -11.0. The third-order valence-electron chi connectivity index (χ3n) is 21.7. The number of pyridine rings is 2. The van der Waals surface area contributed by atoms with Gasteiger partial charge in [0.25, 0.3) is 0 Å². The SMILES string of the molecule is CC1(C)OB(c2ccc(-c3nc4ccccc4c4cc5c(cc34)-c3ccccc3C5(c3ccccc3)c3ccccc3)cc2)OC1(C)C.N#Cc1ccc(-c2ccc(-c3nc4ccccc4c4cc5c(cc34)-c3ccccc3C5(c3ccccc3)c3ccccc3)cc2)cc1.N#Cc1ccc(Br)cc1.[Y]. The van der Waals surface area contributed by atoms with Crippen LogP contribution in [-0.4, -0.2) is 28.3 Å². The van der Waals surface area contributed by atoms with Gasteiger partial charge < -0.3 is 9.31 Å². The monoisotopic (exact) mass is 1490 g/mol. The van der Waals surface area contributed by atoms with E-state index in [9.17, 15) is 5.26 Å². The minimum absolute atomic E-state index is 0. The van der Waals surface area contributed by atoms with Crippen molar-refractivity contribution in [3.63, 3.8) is 0 Å². The van der Waals surface area contributed by atoms with E-state index in [2.05, 4.69) is 341 Å². The minimum atomic E-state index is -0.462. The number of para-hydroxylation sites is 2. The maximum atomic E-state index is 9.22. The molecule has 2 aliphatic carbocycles. The van der Waals surface area contributed by atoms with Crippen LogP contribution in [0.5, 0.6) is 0 Å². The molecule has 0 atom stereocenters. The van der Waals surface area contributed by atoms with E-state index in [1.54, 1.807) is 12.1 Å². The number of aromatic nitrogens is 2. The number of fused-ring (bicyclic) bond motifs is 12. The van der Waals surface area contributed by atoms with E-state index in [1.165, 1.54) is 77.5 Å². The first-order valence-corrected chi connectivity index (χ1v) is 36.0. The van der Waals surface area contributed by atoms with Crippen LogP contribution in [0.15, 0.2) is 344 Å². The molecular formula is C96H68BBrN4O2Y. The average molecular weight is 1490 g/mol. The number of hydrogen-bond acceptors (Lipinski definition) is 6. The molecule has 105 heavy (non-hydrogen) atoms. The Bertz CT molecular complexity index is 5970. The molecule has 0 bridgehead atoms. The summed E-state index contributed by atoms with van der Waals surface area (Å²) < 4.78 is 13.7. The van der Waals surface area contributed by atoms with Gasteiger partial charge in [0.15, 0.2) is 0 Å². The molecule has 16 aromatic rings. The quantitative estimate of drug-likeness (QED) is 0.111. The molecule has 0 spiro atoms. The summed E-state index contributed by atoms with van der Waals surface area (Å²) in [7, 11) is -0.408. The zero-order valence-corrected chi connectivity index (χ0v) is 62.9. The van der Waals surface area contributed by atoms with Crippen molar-refractivity contribution in [3.8, 4) is 68.0 Å². The predicted molar refractivity (Wildman–Crippen MR) is 429 cm³/mol. The Morgan fingerprint density at radius 3 is 1.03 bits per heavy atom. The van der Waals surface area contributed by atoms with Crippen molar-refractivity contribution < 1.29 is 42.0 Å². The summed E-state index contributed by atoms with van der Waals surface area (Å²) in [5, 5.41) is 24.6. The molecule has 19 rings (SSSR count). The third-order valence-corrected chi connectivity index (χ3v) is 22.3. The first-order valence-electron chi connectivity index (χ1n) is 35.2. The molecule has 0 N–H and O–H groups in total. The van der Waals surface area contributed by atoms with Crippen molar-refractivity contribution >= 4 is 71.9 Å². The van der Waals surface area contributed by atoms with E-state index in [4.69, 9.17) is 24.5 Å². The first-order chi connectivity index (χ1) is 50.9. The van der Waals surface area contributed by atoms with Gasteiger partial charge in [-0.1, -0.05) is 283 Å². The summed E-state index contributed by atoms with van der Waals surface area (Å²) in [6, 6.07) is 125. The van der Waals surface area contributed by atoms with Crippen LogP contribution in [0.25, 0.3) is 99.2 Å². The van der Waals surface area contributed by atoms with Gasteiger partial charge in [-0.3, -0.25) is 0 Å². The second kappa shape index (κ2) is 27.9. The van der Waals surface area contributed by atoms with E-state index in [0.29, 0.717) is 11.1 Å². The number of halogens is 1. The zero-order chi connectivity index (χ0) is 70.7. The molecule has 14 aromatic carbocycles. The second-order valence-corrected chi connectivity index (χ2v) is 28.9. The Kier molecular flexibility index (Phi) is 18.2. The van der Waals surface area contributed by atoms with E-state index < -0.39 is 29.2 Å². The maximum Gasteiger partial charge on any atom is 0.494 e. The summed E-state index contributed by atoms with van der Waals surface area (Å²) >= 11 is 3.27. The Morgan fingerprint density at radius 1 is 0.314 bits per heavy atom. The van der Waals surface area contributed by atoms with Crippen molar-refractivity contribution in [1.29, 1.82) is 10.5 Å². The fourth-order valence-electron chi connectivity index (χ4n) is 16.1.